The van der Waals surface area contributed by atoms with Gasteiger partial charge in [0, 0.05) is 12.6 Å². The molecule has 116 valence electrons. The molecule has 0 unspecified atom stereocenters. The summed E-state index contributed by atoms with van der Waals surface area (Å²) >= 11 is 0. The average Bonchev–Trinajstić information content (AvgIpc) is 2.55. The number of ether oxygens (including phenoxy) is 1. The number of anilines is 2. The Labute approximate surface area is 129 Å². The van der Waals surface area contributed by atoms with Crippen LogP contribution in [-0.4, -0.2) is 29.0 Å². The number of carbonyl (C=O) groups excluding carboxylic acids is 1. The molecule has 6 nitrogen and oxygen atoms in total. The number of nitrogens with one attached hydrogen (secondary N) is 2. The van der Waals surface area contributed by atoms with Gasteiger partial charge < -0.3 is 15.4 Å². The van der Waals surface area contributed by atoms with Crippen molar-refractivity contribution in [1.82, 2.24) is 9.97 Å². The van der Waals surface area contributed by atoms with Crippen molar-refractivity contribution in [3.05, 3.63) is 42.4 Å². The molecule has 0 saturated carbocycles. The molecule has 0 atom stereocenters. The second-order valence-corrected chi connectivity index (χ2v) is 4.60. The molecular formula is C16H20N4O2. The molecular weight excluding hydrogens is 280 g/mol. The standard InChI is InChI=1S/C16H20N4O2/c1-3-9-17-15-10-13(18-11-19-15)16(21)20-12-7-5-6-8-14(12)22-4-2/h5-8,10-11H,3-4,9H2,1-2H3,(H,20,21)(H,17,18,19). The second kappa shape index (κ2) is 7.97. The van der Waals surface area contributed by atoms with Gasteiger partial charge in [0.15, 0.2) is 0 Å². The summed E-state index contributed by atoms with van der Waals surface area (Å²) in [7, 11) is 0. The summed E-state index contributed by atoms with van der Waals surface area (Å²) in [4.78, 5) is 20.4. The molecule has 0 aliphatic heterocycles. The first kappa shape index (κ1) is 15.8. The van der Waals surface area contributed by atoms with Crippen LogP contribution in [0, 0.1) is 0 Å². The number of para-hydroxylation sites is 2. The lowest BCUT2D eigenvalue weighted by Gasteiger charge is -2.11. The van der Waals surface area contributed by atoms with E-state index >= 15 is 0 Å². The molecule has 0 saturated heterocycles. The van der Waals surface area contributed by atoms with Gasteiger partial charge in [0.05, 0.1) is 12.3 Å². The minimum atomic E-state index is -0.297. The highest BCUT2D eigenvalue weighted by atomic mass is 16.5. The Morgan fingerprint density at radius 1 is 1.23 bits per heavy atom. The lowest BCUT2D eigenvalue weighted by atomic mass is 10.2. The minimum Gasteiger partial charge on any atom is -0.492 e. The Balaban J connectivity index is 2.12. The van der Waals surface area contributed by atoms with E-state index in [4.69, 9.17) is 4.74 Å². The molecule has 0 aliphatic carbocycles. The van der Waals surface area contributed by atoms with Crippen LogP contribution in [0.3, 0.4) is 0 Å². The van der Waals surface area contributed by atoms with Gasteiger partial charge in [-0.1, -0.05) is 19.1 Å². The Morgan fingerprint density at radius 3 is 2.82 bits per heavy atom. The third-order valence-corrected chi connectivity index (χ3v) is 2.89. The number of nitrogens with zero attached hydrogens (tertiary/aromatic N) is 2. The SMILES string of the molecule is CCCNc1cc(C(=O)Nc2ccccc2OCC)ncn1. The van der Waals surface area contributed by atoms with Crippen LogP contribution in [0.15, 0.2) is 36.7 Å². The number of carbonyl (C=O) groups is 1. The number of rotatable bonds is 7. The van der Waals surface area contributed by atoms with Gasteiger partial charge in [0.2, 0.25) is 0 Å². The lowest BCUT2D eigenvalue weighted by Crippen LogP contribution is -2.15. The van der Waals surface area contributed by atoms with Crippen molar-refractivity contribution in [1.29, 1.82) is 0 Å². The van der Waals surface area contributed by atoms with Gasteiger partial charge in [0.1, 0.15) is 23.6 Å². The van der Waals surface area contributed by atoms with Gasteiger partial charge in [-0.3, -0.25) is 4.79 Å². The molecule has 22 heavy (non-hydrogen) atoms. The molecule has 2 aromatic rings. The van der Waals surface area contributed by atoms with E-state index in [2.05, 4.69) is 27.5 Å². The normalized spacial score (nSPS) is 10.1. The molecule has 0 aliphatic rings. The summed E-state index contributed by atoms with van der Waals surface area (Å²) in [5.74, 6) is 0.978. The topological polar surface area (TPSA) is 76.1 Å². The maximum atomic E-state index is 12.3. The van der Waals surface area contributed by atoms with Crippen molar-refractivity contribution in [2.75, 3.05) is 23.8 Å². The molecule has 1 aromatic carbocycles. The van der Waals surface area contributed by atoms with Crippen LogP contribution in [0.4, 0.5) is 11.5 Å². The van der Waals surface area contributed by atoms with E-state index in [1.54, 1.807) is 12.1 Å². The summed E-state index contributed by atoms with van der Waals surface area (Å²) in [6.07, 6.45) is 2.36. The number of hydrogen-bond donors (Lipinski definition) is 2. The molecule has 0 fully saturated rings. The highest BCUT2D eigenvalue weighted by Gasteiger charge is 2.11. The van der Waals surface area contributed by atoms with E-state index in [-0.39, 0.29) is 5.91 Å². The zero-order chi connectivity index (χ0) is 15.8. The van der Waals surface area contributed by atoms with Crippen LogP contribution in [0.5, 0.6) is 5.75 Å². The van der Waals surface area contributed by atoms with E-state index in [0.717, 1.165) is 13.0 Å². The molecule has 2 rings (SSSR count). The highest BCUT2D eigenvalue weighted by Crippen LogP contribution is 2.24. The molecule has 1 amide bonds. The van der Waals surface area contributed by atoms with E-state index in [0.29, 0.717) is 29.6 Å². The van der Waals surface area contributed by atoms with Gasteiger partial charge in [-0.15, -0.1) is 0 Å². The van der Waals surface area contributed by atoms with Crippen molar-refractivity contribution in [2.24, 2.45) is 0 Å². The summed E-state index contributed by atoms with van der Waals surface area (Å²) in [6.45, 7) is 5.29. The van der Waals surface area contributed by atoms with Crippen LogP contribution in [0.2, 0.25) is 0 Å². The fraction of sp³-hybridized carbons (Fsp3) is 0.312. The largest absolute Gasteiger partial charge is 0.492 e. The van der Waals surface area contributed by atoms with Crippen molar-refractivity contribution < 1.29 is 9.53 Å². The third kappa shape index (κ3) is 4.18. The fourth-order valence-electron chi connectivity index (χ4n) is 1.87. The molecule has 0 bridgehead atoms. The predicted molar refractivity (Wildman–Crippen MR) is 86.4 cm³/mol. The van der Waals surface area contributed by atoms with Crippen LogP contribution in [-0.2, 0) is 0 Å². The van der Waals surface area contributed by atoms with Crippen molar-refractivity contribution in [3.63, 3.8) is 0 Å². The maximum absolute atomic E-state index is 12.3. The van der Waals surface area contributed by atoms with Crippen LogP contribution in [0.25, 0.3) is 0 Å². The third-order valence-electron chi connectivity index (χ3n) is 2.89. The van der Waals surface area contributed by atoms with Gasteiger partial charge in [-0.2, -0.15) is 0 Å². The quantitative estimate of drug-likeness (QED) is 0.822. The highest BCUT2D eigenvalue weighted by molar-refractivity contribution is 6.04. The van der Waals surface area contributed by atoms with Gasteiger partial charge in [-0.05, 0) is 25.5 Å². The maximum Gasteiger partial charge on any atom is 0.274 e. The van der Waals surface area contributed by atoms with Gasteiger partial charge in [-0.25, -0.2) is 9.97 Å². The summed E-state index contributed by atoms with van der Waals surface area (Å²) in [5.41, 5.74) is 0.927. The molecule has 0 spiro atoms. The zero-order valence-corrected chi connectivity index (χ0v) is 12.8. The van der Waals surface area contributed by atoms with Crippen molar-refractivity contribution in [2.45, 2.75) is 20.3 Å². The van der Waals surface area contributed by atoms with Gasteiger partial charge >= 0.3 is 0 Å². The first-order valence-corrected chi connectivity index (χ1v) is 7.33. The van der Waals surface area contributed by atoms with Crippen LogP contribution in [0.1, 0.15) is 30.8 Å². The number of aromatic nitrogens is 2. The number of amides is 1. The lowest BCUT2D eigenvalue weighted by molar-refractivity contribution is 0.102. The molecule has 1 aromatic heterocycles. The van der Waals surface area contributed by atoms with E-state index in [1.165, 1.54) is 6.33 Å². The summed E-state index contributed by atoms with van der Waals surface area (Å²) in [5, 5.41) is 5.94. The van der Waals surface area contributed by atoms with Crippen LogP contribution < -0.4 is 15.4 Å². The summed E-state index contributed by atoms with van der Waals surface area (Å²) in [6, 6.07) is 8.94. The molecule has 2 N–H and O–H groups in total. The van der Waals surface area contributed by atoms with E-state index in [1.807, 2.05) is 25.1 Å². The zero-order valence-electron chi connectivity index (χ0n) is 12.8. The molecule has 6 heteroatoms. The number of hydrogen-bond acceptors (Lipinski definition) is 5. The molecule has 0 radical (unpaired) electrons. The Morgan fingerprint density at radius 2 is 2.05 bits per heavy atom. The predicted octanol–water partition coefficient (Wildman–Crippen LogP) is 2.95. The van der Waals surface area contributed by atoms with Gasteiger partial charge in [0.25, 0.3) is 5.91 Å². The Bertz CT molecular complexity index is 631. The second-order valence-electron chi connectivity index (χ2n) is 4.60. The Hall–Kier alpha value is -2.63. The minimum absolute atomic E-state index is 0.297. The monoisotopic (exact) mass is 300 g/mol. The first-order valence-electron chi connectivity index (χ1n) is 7.33. The average molecular weight is 300 g/mol. The summed E-state index contributed by atoms with van der Waals surface area (Å²) < 4.78 is 5.49. The smallest absolute Gasteiger partial charge is 0.274 e. The number of benzene rings is 1. The first-order chi connectivity index (χ1) is 10.7. The van der Waals surface area contributed by atoms with Crippen LogP contribution >= 0.6 is 0 Å². The Kier molecular flexibility index (Phi) is 5.71. The van der Waals surface area contributed by atoms with Crippen molar-refractivity contribution in [3.8, 4) is 5.75 Å². The van der Waals surface area contributed by atoms with Crippen molar-refractivity contribution >= 4 is 17.4 Å². The van der Waals surface area contributed by atoms with E-state index < -0.39 is 0 Å². The van der Waals surface area contributed by atoms with E-state index in [9.17, 15) is 4.79 Å². The molecule has 1 heterocycles. The fourth-order valence-corrected chi connectivity index (χ4v) is 1.87.